The molecule has 4 heterocycles. The van der Waals surface area contributed by atoms with Crippen molar-refractivity contribution in [1.29, 1.82) is 0 Å². The minimum absolute atomic E-state index is 0.0231. The second-order valence-electron chi connectivity index (χ2n) is 14.4. The van der Waals surface area contributed by atoms with E-state index in [9.17, 15) is 5.11 Å². The van der Waals surface area contributed by atoms with E-state index >= 15 is 0 Å². The van der Waals surface area contributed by atoms with E-state index in [1.165, 1.54) is 16.5 Å². The molecule has 5 heteroatoms. The molecule has 0 amide bonds. The van der Waals surface area contributed by atoms with Crippen molar-refractivity contribution in [3.8, 4) is 22.6 Å². The molecule has 4 aromatic heterocycles. The van der Waals surface area contributed by atoms with Crippen LogP contribution in [0.25, 0.3) is 44.7 Å². The molecule has 2 unspecified atom stereocenters. The second-order valence-corrected chi connectivity index (χ2v) is 14.4. The predicted octanol–water partition coefficient (Wildman–Crippen LogP) is 9.48. The molecule has 1 aliphatic rings. The first-order chi connectivity index (χ1) is 22.1. The lowest BCUT2D eigenvalue weighted by atomic mass is 9.73. The summed E-state index contributed by atoms with van der Waals surface area (Å²) in [5.41, 5.74) is 11.1. The van der Waals surface area contributed by atoms with Gasteiger partial charge in [-0.15, -0.1) is 0 Å². The van der Waals surface area contributed by atoms with Crippen molar-refractivity contribution in [2.24, 2.45) is 11.3 Å². The van der Waals surface area contributed by atoms with Crippen LogP contribution in [0.15, 0.2) is 103 Å². The highest BCUT2D eigenvalue weighted by atomic mass is 16.3. The minimum Gasteiger partial charge on any atom is -0.439 e. The summed E-state index contributed by atoms with van der Waals surface area (Å²) in [6.07, 6.45) is 9.00. The van der Waals surface area contributed by atoms with Crippen LogP contribution >= 0.6 is 0 Å². The molecule has 0 fully saturated rings. The summed E-state index contributed by atoms with van der Waals surface area (Å²) in [5.74, 6) is 0.607. The number of aromatic nitrogens is 4. The van der Waals surface area contributed by atoms with Gasteiger partial charge < -0.3 is 9.67 Å². The zero-order valence-electron chi connectivity index (χ0n) is 27.9. The van der Waals surface area contributed by atoms with Gasteiger partial charge in [0.15, 0.2) is 6.10 Å². The van der Waals surface area contributed by atoms with Gasteiger partial charge in [-0.2, -0.15) is 0 Å². The zero-order chi connectivity index (χ0) is 32.2. The van der Waals surface area contributed by atoms with E-state index < -0.39 is 0 Å². The number of rotatable bonds is 6. The summed E-state index contributed by atoms with van der Waals surface area (Å²) < 4.78 is 4.58. The Balaban J connectivity index is 1.41. The number of hydrogen-bond acceptors (Lipinski definition) is 2. The van der Waals surface area contributed by atoms with Gasteiger partial charge in [-0.05, 0) is 97.2 Å². The average Bonchev–Trinajstić information content (AvgIpc) is 3.59. The Hall–Kier alpha value is -4.48. The molecule has 0 aliphatic heterocycles. The molecule has 2 N–H and O–H groups in total. The fourth-order valence-electron chi connectivity index (χ4n) is 7.46. The molecule has 0 saturated heterocycles. The molecule has 0 radical (unpaired) electrons. The SMILES string of the molecule is Cc1c(-c2cc(CC(C)C)cc(C3CCC=C(C(C)(C)C)C3[OH2+])n2)cccc1-n1c2ncccc2c2ccn(-c3ccccc3)c21. The molecular weight excluding hydrogens is 564 g/mol. The highest BCUT2D eigenvalue weighted by Gasteiger charge is 2.38. The summed E-state index contributed by atoms with van der Waals surface area (Å²) in [5, 5.41) is 11.7. The Morgan fingerprint density at radius 1 is 0.935 bits per heavy atom. The maximum Gasteiger partial charge on any atom is 0.184 e. The van der Waals surface area contributed by atoms with Gasteiger partial charge in [-0.3, -0.25) is 9.55 Å². The van der Waals surface area contributed by atoms with Gasteiger partial charge in [0, 0.05) is 40.0 Å². The van der Waals surface area contributed by atoms with Crippen molar-refractivity contribution in [3.05, 3.63) is 120 Å². The molecule has 6 aromatic rings. The Morgan fingerprint density at radius 2 is 1.74 bits per heavy atom. The van der Waals surface area contributed by atoms with Crippen molar-refractivity contribution < 1.29 is 5.11 Å². The molecule has 5 nitrogen and oxygen atoms in total. The Bertz CT molecular complexity index is 2070. The number of fused-ring (bicyclic) bond motifs is 3. The number of allylic oxidation sites excluding steroid dienone is 1. The third-order valence-corrected chi connectivity index (χ3v) is 9.59. The third-order valence-electron chi connectivity index (χ3n) is 9.59. The lowest BCUT2D eigenvalue weighted by Gasteiger charge is -2.33. The van der Waals surface area contributed by atoms with Gasteiger partial charge in [0.1, 0.15) is 11.3 Å². The molecule has 234 valence electrons. The quantitative estimate of drug-likeness (QED) is 0.139. The van der Waals surface area contributed by atoms with Crippen LogP contribution in [0, 0.1) is 18.3 Å². The Labute approximate surface area is 272 Å². The maximum absolute atomic E-state index is 9.35. The number of nitrogens with zero attached hydrogens (tertiary/aromatic N) is 4. The first-order valence-corrected chi connectivity index (χ1v) is 16.7. The van der Waals surface area contributed by atoms with E-state index in [0.717, 1.165) is 69.8 Å². The van der Waals surface area contributed by atoms with E-state index in [2.05, 4.69) is 136 Å². The van der Waals surface area contributed by atoms with Crippen LogP contribution in [-0.2, 0) is 6.42 Å². The van der Waals surface area contributed by atoms with Crippen LogP contribution in [0.3, 0.4) is 0 Å². The van der Waals surface area contributed by atoms with Gasteiger partial charge in [0.25, 0.3) is 0 Å². The Morgan fingerprint density at radius 3 is 2.50 bits per heavy atom. The second kappa shape index (κ2) is 11.7. The molecule has 0 bridgehead atoms. The number of hydrogen-bond donors (Lipinski definition) is 0. The summed E-state index contributed by atoms with van der Waals surface area (Å²) >= 11 is 0. The predicted molar refractivity (Wildman–Crippen MR) is 191 cm³/mol. The standard InChI is InChI=1S/C41H44N4O/c1-26(2)23-28-24-35(43-36(25-28)33-16-10-18-34(38(33)46)41(4,5)6)30-15-11-19-37(27(30)3)45-39-31(17-12-21-42-39)32-20-22-44(40(32)45)29-13-8-7-9-14-29/h7-9,11-15,17-22,24-26,33,38,46H,10,16,23H2,1-6H3/p+1. The van der Waals surface area contributed by atoms with Gasteiger partial charge in [0.05, 0.1) is 23.0 Å². The molecule has 0 spiro atoms. The summed E-state index contributed by atoms with van der Waals surface area (Å²) in [6, 6.07) is 28.0. The highest BCUT2D eigenvalue weighted by molar-refractivity contribution is 6.07. The highest BCUT2D eigenvalue weighted by Crippen LogP contribution is 2.42. The van der Waals surface area contributed by atoms with Crippen LogP contribution in [0.4, 0.5) is 0 Å². The minimum atomic E-state index is -0.285. The number of benzene rings is 2. The van der Waals surface area contributed by atoms with Crippen molar-refractivity contribution >= 4 is 22.1 Å². The van der Waals surface area contributed by atoms with Gasteiger partial charge in [-0.25, -0.2) is 4.98 Å². The smallest absolute Gasteiger partial charge is 0.184 e. The summed E-state index contributed by atoms with van der Waals surface area (Å²) in [7, 11) is 0. The fraction of sp³-hybridized carbons (Fsp3) is 0.317. The van der Waals surface area contributed by atoms with E-state index in [1.807, 2.05) is 12.3 Å². The van der Waals surface area contributed by atoms with Crippen LogP contribution in [0.2, 0.25) is 0 Å². The normalized spacial score (nSPS) is 17.3. The molecule has 1 aliphatic carbocycles. The van der Waals surface area contributed by atoms with Crippen molar-refractivity contribution in [1.82, 2.24) is 19.1 Å². The van der Waals surface area contributed by atoms with Crippen LogP contribution in [0.1, 0.15) is 70.2 Å². The molecular formula is C41H45N4O+. The van der Waals surface area contributed by atoms with Gasteiger partial charge >= 0.3 is 0 Å². The molecule has 0 saturated carbocycles. The van der Waals surface area contributed by atoms with E-state index in [4.69, 9.17) is 9.97 Å². The fourth-order valence-corrected chi connectivity index (χ4v) is 7.46. The van der Waals surface area contributed by atoms with Gasteiger partial charge in [-0.1, -0.05) is 71.0 Å². The zero-order valence-corrected chi connectivity index (χ0v) is 27.9. The van der Waals surface area contributed by atoms with Crippen molar-refractivity contribution in [2.45, 2.75) is 72.8 Å². The molecule has 2 aromatic carbocycles. The average molecular weight is 610 g/mol. The van der Waals surface area contributed by atoms with Crippen LogP contribution in [-0.4, -0.2) is 30.3 Å². The van der Waals surface area contributed by atoms with Crippen molar-refractivity contribution in [3.63, 3.8) is 0 Å². The summed E-state index contributed by atoms with van der Waals surface area (Å²) in [6.45, 7) is 13.5. The summed E-state index contributed by atoms with van der Waals surface area (Å²) in [4.78, 5) is 10.3. The van der Waals surface area contributed by atoms with E-state index in [0.29, 0.717) is 5.92 Å². The first kappa shape index (κ1) is 30.2. The van der Waals surface area contributed by atoms with Crippen LogP contribution in [0.5, 0.6) is 0 Å². The Kier molecular flexibility index (Phi) is 7.68. The molecule has 7 rings (SSSR count). The first-order valence-electron chi connectivity index (χ1n) is 16.7. The molecule has 46 heavy (non-hydrogen) atoms. The van der Waals surface area contributed by atoms with Crippen molar-refractivity contribution in [2.75, 3.05) is 0 Å². The largest absolute Gasteiger partial charge is 0.439 e. The maximum atomic E-state index is 9.35. The lowest BCUT2D eigenvalue weighted by Crippen LogP contribution is -2.31. The van der Waals surface area contributed by atoms with Gasteiger partial charge in [0.2, 0.25) is 0 Å². The molecule has 2 atom stereocenters. The third kappa shape index (κ3) is 5.27. The number of pyridine rings is 2. The van der Waals surface area contributed by atoms with Crippen LogP contribution < -0.4 is 0 Å². The topological polar surface area (TPSA) is 58.5 Å². The van der Waals surface area contributed by atoms with E-state index in [1.54, 1.807) is 0 Å². The lowest BCUT2D eigenvalue weighted by molar-refractivity contribution is 0.141. The van der Waals surface area contributed by atoms with E-state index in [-0.39, 0.29) is 17.4 Å². The number of para-hydroxylation sites is 1. The monoisotopic (exact) mass is 609 g/mol.